The van der Waals surface area contributed by atoms with Gasteiger partial charge in [0.1, 0.15) is 5.69 Å². The lowest BCUT2D eigenvalue weighted by Crippen LogP contribution is -2.49. The number of carbonyl (C=O) groups excluding carboxylic acids is 2. The summed E-state index contributed by atoms with van der Waals surface area (Å²) in [4.78, 5) is 35.5. The van der Waals surface area contributed by atoms with Gasteiger partial charge >= 0.3 is 5.97 Å². The summed E-state index contributed by atoms with van der Waals surface area (Å²) < 4.78 is 10.4. The van der Waals surface area contributed by atoms with E-state index >= 15 is 0 Å². The molecule has 0 unspecified atom stereocenters. The highest BCUT2D eigenvalue weighted by atomic mass is 16.6. The molecule has 0 radical (unpaired) electrons. The average molecular weight is 437 g/mol. The highest BCUT2D eigenvalue weighted by molar-refractivity contribution is 5.86. The van der Waals surface area contributed by atoms with Crippen LogP contribution in [0.4, 0.5) is 11.4 Å². The third kappa shape index (κ3) is 7.80. The quantitative estimate of drug-likeness (QED) is 0.286. The van der Waals surface area contributed by atoms with Gasteiger partial charge in [0.15, 0.2) is 6.04 Å². The third-order valence-corrected chi connectivity index (χ3v) is 4.95. The van der Waals surface area contributed by atoms with Crippen LogP contribution in [0.15, 0.2) is 18.2 Å². The molecule has 0 aliphatic carbocycles. The minimum absolute atomic E-state index is 0.122. The van der Waals surface area contributed by atoms with Crippen molar-refractivity contribution in [2.75, 3.05) is 25.1 Å². The molecule has 1 aromatic carbocycles. The van der Waals surface area contributed by atoms with Crippen molar-refractivity contribution in [3.8, 4) is 0 Å². The summed E-state index contributed by atoms with van der Waals surface area (Å²) in [7, 11) is 0. The van der Waals surface area contributed by atoms with E-state index in [1.165, 1.54) is 13.0 Å². The Labute approximate surface area is 181 Å². The number of esters is 1. The fourth-order valence-electron chi connectivity index (χ4n) is 3.28. The van der Waals surface area contributed by atoms with Crippen molar-refractivity contribution >= 4 is 23.3 Å². The Morgan fingerprint density at radius 1 is 1.29 bits per heavy atom. The standard InChI is InChI=1S/C21H31N3O7/c1-13(2)31-21(27)20(14(3)25)23-19(26)11-16-4-5-17(18(10-16)24(28)29)22-12-15-6-8-30-9-7-15/h4-5,10,13-15,20,22,25H,6-9,11-12H2,1-3H3,(H,23,26)/t14-,20+/m1/s1. The zero-order valence-corrected chi connectivity index (χ0v) is 18.1. The Balaban J connectivity index is 2.03. The van der Waals surface area contributed by atoms with Gasteiger partial charge in [-0.05, 0) is 51.2 Å². The lowest BCUT2D eigenvalue weighted by molar-refractivity contribution is -0.384. The summed E-state index contributed by atoms with van der Waals surface area (Å²) in [6, 6.07) is 3.34. The first-order chi connectivity index (χ1) is 14.7. The van der Waals surface area contributed by atoms with Crippen LogP contribution in [0.5, 0.6) is 0 Å². The molecule has 1 aliphatic heterocycles. The van der Waals surface area contributed by atoms with Crippen molar-refractivity contribution in [3.05, 3.63) is 33.9 Å². The summed E-state index contributed by atoms with van der Waals surface area (Å²) in [5.41, 5.74) is 0.689. The Morgan fingerprint density at radius 3 is 2.55 bits per heavy atom. The molecule has 2 rings (SSSR count). The number of rotatable bonds is 10. The number of carbonyl (C=O) groups is 2. The van der Waals surface area contributed by atoms with Gasteiger partial charge in [-0.25, -0.2) is 4.79 Å². The fraction of sp³-hybridized carbons (Fsp3) is 0.619. The maximum absolute atomic E-state index is 12.4. The lowest BCUT2D eigenvalue weighted by Gasteiger charge is -2.22. The number of nitro groups is 1. The van der Waals surface area contributed by atoms with Gasteiger partial charge in [-0.2, -0.15) is 0 Å². The molecule has 0 aromatic heterocycles. The molecule has 0 bridgehead atoms. The van der Waals surface area contributed by atoms with Crippen molar-refractivity contribution in [2.45, 2.75) is 58.3 Å². The summed E-state index contributed by atoms with van der Waals surface area (Å²) >= 11 is 0. The second kappa shape index (κ2) is 11.6. The van der Waals surface area contributed by atoms with Crippen LogP contribution in [0, 0.1) is 16.0 Å². The Kier molecular flexibility index (Phi) is 9.20. The monoisotopic (exact) mass is 437 g/mol. The van der Waals surface area contributed by atoms with Crippen LogP contribution in [0.3, 0.4) is 0 Å². The molecule has 10 heteroatoms. The summed E-state index contributed by atoms with van der Waals surface area (Å²) in [5.74, 6) is -0.900. The summed E-state index contributed by atoms with van der Waals surface area (Å²) in [6.07, 6.45) is 0.0841. The molecule has 31 heavy (non-hydrogen) atoms. The van der Waals surface area contributed by atoms with E-state index < -0.39 is 35.0 Å². The maximum atomic E-state index is 12.4. The van der Waals surface area contributed by atoms with Crippen molar-refractivity contribution in [1.82, 2.24) is 5.32 Å². The first kappa shape index (κ1) is 24.5. The van der Waals surface area contributed by atoms with Crippen LogP contribution in [-0.2, 0) is 25.5 Å². The number of aliphatic hydroxyl groups is 1. The minimum Gasteiger partial charge on any atom is -0.461 e. The van der Waals surface area contributed by atoms with E-state index in [1.807, 2.05) is 0 Å². The normalized spacial score (nSPS) is 16.4. The van der Waals surface area contributed by atoms with Crippen molar-refractivity contribution < 1.29 is 29.1 Å². The van der Waals surface area contributed by atoms with E-state index in [-0.39, 0.29) is 12.1 Å². The van der Waals surface area contributed by atoms with E-state index in [4.69, 9.17) is 9.47 Å². The lowest BCUT2D eigenvalue weighted by atomic mass is 10.00. The first-order valence-electron chi connectivity index (χ1n) is 10.4. The van der Waals surface area contributed by atoms with E-state index in [1.54, 1.807) is 26.0 Å². The largest absolute Gasteiger partial charge is 0.461 e. The first-order valence-corrected chi connectivity index (χ1v) is 10.4. The number of amides is 1. The molecule has 3 N–H and O–H groups in total. The van der Waals surface area contributed by atoms with E-state index in [2.05, 4.69) is 10.6 Å². The molecule has 10 nitrogen and oxygen atoms in total. The Morgan fingerprint density at radius 2 is 1.97 bits per heavy atom. The van der Waals surface area contributed by atoms with Crippen molar-refractivity contribution in [3.63, 3.8) is 0 Å². The summed E-state index contributed by atoms with van der Waals surface area (Å²) in [5, 5.41) is 26.9. The highest BCUT2D eigenvalue weighted by Gasteiger charge is 2.28. The van der Waals surface area contributed by atoms with Crippen LogP contribution in [0.2, 0.25) is 0 Å². The molecule has 0 saturated carbocycles. The molecule has 1 amide bonds. The molecule has 1 heterocycles. The molecular weight excluding hydrogens is 406 g/mol. The average Bonchev–Trinajstić information content (AvgIpc) is 2.70. The summed E-state index contributed by atoms with van der Waals surface area (Å²) in [6.45, 7) is 6.70. The zero-order chi connectivity index (χ0) is 23.0. The molecule has 2 atom stereocenters. The topological polar surface area (TPSA) is 140 Å². The Hall–Kier alpha value is -2.72. The number of nitrogens with one attached hydrogen (secondary N) is 2. The number of nitro benzene ring substituents is 1. The van der Waals surface area contributed by atoms with Crippen LogP contribution >= 0.6 is 0 Å². The van der Waals surface area contributed by atoms with Gasteiger partial charge < -0.3 is 25.2 Å². The predicted molar refractivity (Wildman–Crippen MR) is 114 cm³/mol. The molecule has 172 valence electrons. The number of hydrogen-bond acceptors (Lipinski definition) is 8. The number of benzene rings is 1. The minimum atomic E-state index is -1.22. The third-order valence-electron chi connectivity index (χ3n) is 4.95. The fourth-order valence-corrected chi connectivity index (χ4v) is 3.28. The van der Waals surface area contributed by atoms with Gasteiger partial charge in [-0.15, -0.1) is 0 Å². The smallest absolute Gasteiger partial charge is 0.331 e. The number of ether oxygens (including phenoxy) is 2. The Bertz CT molecular complexity index is 776. The van der Waals surface area contributed by atoms with Gasteiger partial charge in [-0.3, -0.25) is 14.9 Å². The number of aliphatic hydroxyl groups excluding tert-OH is 1. The number of anilines is 1. The highest BCUT2D eigenvalue weighted by Crippen LogP contribution is 2.27. The van der Waals surface area contributed by atoms with Crippen molar-refractivity contribution in [2.24, 2.45) is 5.92 Å². The van der Waals surface area contributed by atoms with Gasteiger partial charge in [0.2, 0.25) is 5.91 Å². The zero-order valence-electron chi connectivity index (χ0n) is 18.1. The van der Waals surface area contributed by atoms with E-state index in [0.717, 1.165) is 12.8 Å². The van der Waals surface area contributed by atoms with E-state index in [9.17, 15) is 24.8 Å². The SMILES string of the molecule is CC(C)OC(=O)[C@@H](NC(=O)Cc1ccc(NCC2CCOCC2)c([N+](=O)[O-])c1)[C@@H](C)O. The van der Waals surface area contributed by atoms with Gasteiger partial charge in [0.05, 0.1) is 23.6 Å². The van der Waals surface area contributed by atoms with Gasteiger partial charge in [0.25, 0.3) is 5.69 Å². The van der Waals surface area contributed by atoms with Crippen LogP contribution < -0.4 is 10.6 Å². The maximum Gasteiger partial charge on any atom is 0.331 e. The molecule has 1 aromatic rings. The second-order valence-corrected chi connectivity index (χ2v) is 7.99. The molecule has 0 spiro atoms. The van der Waals surface area contributed by atoms with Gasteiger partial charge in [-0.1, -0.05) is 6.07 Å². The van der Waals surface area contributed by atoms with Gasteiger partial charge in [0, 0.05) is 25.8 Å². The van der Waals surface area contributed by atoms with Crippen LogP contribution in [0.1, 0.15) is 39.2 Å². The predicted octanol–water partition coefficient (Wildman–Crippen LogP) is 1.79. The van der Waals surface area contributed by atoms with Crippen LogP contribution in [0.25, 0.3) is 0 Å². The number of hydrogen-bond donors (Lipinski definition) is 3. The molecule has 1 saturated heterocycles. The molecule has 1 fully saturated rings. The molecular formula is C21H31N3O7. The van der Waals surface area contributed by atoms with Crippen LogP contribution in [-0.4, -0.2) is 59.9 Å². The van der Waals surface area contributed by atoms with E-state index in [0.29, 0.717) is 36.9 Å². The van der Waals surface area contributed by atoms with Crippen molar-refractivity contribution in [1.29, 1.82) is 0 Å². The number of nitrogens with zero attached hydrogens (tertiary/aromatic N) is 1. The second-order valence-electron chi connectivity index (χ2n) is 7.99. The molecule has 1 aliphatic rings.